The molecular formula is C15H27N. The Bertz CT molecular complexity index is 242. The third-order valence-corrected chi connectivity index (χ3v) is 6.07. The minimum Gasteiger partial charge on any atom is -0.330 e. The van der Waals surface area contributed by atoms with Crippen LogP contribution >= 0.6 is 0 Å². The van der Waals surface area contributed by atoms with Crippen molar-refractivity contribution in [2.24, 2.45) is 28.9 Å². The molecule has 92 valence electrons. The molecule has 0 aromatic heterocycles. The van der Waals surface area contributed by atoms with Gasteiger partial charge in [0.1, 0.15) is 0 Å². The van der Waals surface area contributed by atoms with Gasteiger partial charge in [0.25, 0.3) is 0 Å². The smallest absolute Gasteiger partial charge is 0.00151 e. The molecule has 1 nitrogen and oxygen atoms in total. The molecule has 0 aromatic carbocycles. The molecule has 0 aromatic rings. The van der Waals surface area contributed by atoms with E-state index < -0.39 is 0 Å². The summed E-state index contributed by atoms with van der Waals surface area (Å²) in [6, 6.07) is 0. The van der Waals surface area contributed by atoms with E-state index in [0.29, 0.717) is 5.41 Å². The first-order valence-electron chi connectivity index (χ1n) is 7.55. The first-order valence-corrected chi connectivity index (χ1v) is 7.55. The normalized spacial score (nSPS) is 44.8. The molecule has 3 saturated carbocycles. The average Bonchev–Trinajstić information content (AvgIpc) is 2.80. The first-order chi connectivity index (χ1) is 7.85. The summed E-state index contributed by atoms with van der Waals surface area (Å²) in [5.41, 5.74) is 6.83. The molecule has 0 saturated heterocycles. The highest BCUT2D eigenvalue weighted by atomic mass is 14.7. The van der Waals surface area contributed by atoms with Crippen LogP contribution < -0.4 is 5.73 Å². The lowest BCUT2D eigenvalue weighted by atomic mass is 9.62. The topological polar surface area (TPSA) is 26.0 Å². The van der Waals surface area contributed by atoms with Gasteiger partial charge in [0.15, 0.2) is 0 Å². The maximum Gasteiger partial charge on any atom is -0.00151 e. The van der Waals surface area contributed by atoms with E-state index in [9.17, 15) is 0 Å². The molecule has 0 amide bonds. The molecule has 2 N–H and O–H groups in total. The van der Waals surface area contributed by atoms with Crippen LogP contribution in [0.1, 0.15) is 64.2 Å². The van der Waals surface area contributed by atoms with Crippen molar-refractivity contribution in [2.45, 2.75) is 64.2 Å². The van der Waals surface area contributed by atoms with Gasteiger partial charge in [-0.05, 0) is 61.8 Å². The highest BCUT2D eigenvalue weighted by Gasteiger charge is 2.53. The molecule has 3 fully saturated rings. The van der Waals surface area contributed by atoms with Gasteiger partial charge in [-0.25, -0.2) is 0 Å². The molecule has 0 heterocycles. The van der Waals surface area contributed by atoms with Crippen molar-refractivity contribution in [3.63, 3.8) is 0 Å². The van der Waals surface area contributed by atoms with E-state index in [1.807, 2.05) is 0 Å². The van der Waals surface area contributed by atoms with Crippen LogP contribution in [0.4, 0.5) is 0 Å². The number of hydrogen-bond acceptors (Lipinski definition) is 1. The molecule has 3 aliphatic rings. The molecule has 3 unspecified atom stereocenters. The fourth-order valence-corrected chi connectivity index (χ4v) is 5.26. The van der Waals surface area contributed by atoms with Crippen molar-refractivity contribution in [1.29, 1.82) is 0 Å². The Labute approximate surface area is 100 Å². The lowest BCUT2D eigenvalue weighted by Gasteiger charge is -2.43. The quantitative estimate of drug-likeness (QED) is 0.707. The second-order valence-corrected chi connectivity index (χ2v) is 6.71. The minimum absolute atomic E-state index is 0.591. The zero-order chi connectivity index (χ0) is 11.0. The van der Waals surface area contributed by atoms with Crippen LogP contribution in [0.25, 0.3) is 0 Å². The molecular weight excluding hydrogens is 194 g/mol. The Balaban J connectivity index is 1.78. The first kappa shape index (κ1) is 11.1. The van der Waals surface area contributed by atoms with Crippen molar-refractivity contribution < 1.29 is 0 Å². The van der Waals surface area contributed by atoms with Crippen molar-refractivity contribution >= 4 is 0 Å². The third-order valence-electron chi connectivity index (χ3n) is 6.07. The fourth-order valence-electron chi connectivity index (χ4n) is 5.26. The summed E-state index contributed by atoms with van der Waals surface area (Å²) < 4.78 is 0. The van der Waals surface area contributed by atoms with Gasteiger partial charge in [0, 0.05) is 0 Å². The van der Waals surface area contributed by atoms with E-state index in [-0.39, 0.29) is 0 Å². The predicted octanol–water partition coefficient (Wildman–Crippen LogP) is 3.72. The number of nitrogens with two attached hydrogens (primary N) is 1. The Morgan fingerprint density at radius 2 is 1.62 bits per heavy atom. The van der Waals surface area contributed by atoms with Gasteiger partial charge >= 0.3 is 0 Å². The molecule has 2 bridgehead atoms. The molecule has 0 spiro atoms. The molecule has 0 aliphatic heterocycles. The molecule has 3 atom stereocenters. The molecule has 3 aliphatic carbocycles. The SMILES string of the molecule is NCC1(C2CCCCCC2)CC2CCC1C2. The second-order valence-electron chi connectivity index (χ2n) is 6.71. The summed E-state index contributed by atoms with van der Waals surface area (Å²) >= 11 is 0. The van der Waals surface area contributed by atoms with Gasteiger partial charge in [-0.1, -0.05) is 32.1 Å². The molecule has 0 radical (unpaired) electrons. The van der Waals surface area contributed by atoms with Crippen LogP contribution in [0.15, 0.2) is 0 Å². The lowest BCUT2D eigenvalue weighted by Crippen LogP contribution is -2.42. The Morgan fingerprint density at radius 1 is 0.875 bits per heavy atom. The monoisotopic (exact) mass is 221 g/mol. The summed E-state index contributed by atoms with van der Waals surface area (Å²) in [6.07, 6.45) is 14.9. The number of fused-ring (bicyclic) bond motifs is 2. The Kier molecular flexibility index (Phi) is 2.99. The van der Waals surface area contributed by atoms with Crippen molar-refractivity contribution in [2.75, 3.05) is 6.54 Å². The standard InChI is InChI=1S/C15H27N/c16-11-15(10-12-7-8-14(15)9-12)13-5-3-1-2-4-6-13/h12-14H,1-11,16H2. The van der Waals surface area contributed by atoms with Gasteiger partial charge in [-0.15, -0.1) is 0 Å². The van der Waals surface area contributed by atoms with Crippen molar-refractivity contribution in [3.8, 4) is 0 Å². The van der Waals surface area contributed by atoms with Gasteiger partial charge in [-0.2, -0.15) is 0 Å². The number of hydrogen-bond donors (Lipinski definition) is 1. The highest BCUT2D eigenvalue weighted by Crippen LogP contribution is 2.60. The van der Waals surface area contributed by atoms with E-state index in [1.165, 1.54) is 64.2 Å². The van der Waals surface area contributed by atoms with Crippen LogP contribution in [0.3, 0.4) is 0 Å². The van der Waals surface area contributed by atoms with E-state index in [0.717, 1.165) is 24.3 Å². The van der Waals surface area contributed by atoms with Crippen molar-refractivity contribution in [3.05, 3.63) is 0 Å². The van der Waals surface area contributed by atoms with Crippen LogP contribution in [-0.4, -0.2) is 6.54 Å². The molecule has 16 heavy (non-hydrogen) atoms. The largest absolute Gasteiger partial charge is 0.330 e. The number of rotatable bonds is 2. The van der Waals surface area contributed by atoms with Gasteiger partial charge in [-0.3, -0.25) is 0 Å². The van der Waals surface area contributed by atoms with Crippen LogP contribution in [0.2, 0.25) is 0 Å². The maximum absolute atomic E-state index is 6.24. The third kappa shape index (κ3) is 1.63. The van der Waals surface area contributed by atoms with Crippen LogP contribution in [0, 0.1) is 23.2 Å². The van der Waals surface area contributed by atoms with Crippen molar-refractivity contribution in [1.82, 2.24) is 0 Å². The zero-order valence-corrected chi connectivity index (χ0v) is 10.6. The van der Waals surface area contributed by atoms with Crippen LogP contribution in [0.5, 0.6) is 0 Å². The summed E-state index contributed by atoms with van der Waals surface area (Å²) in [5.74, 6) is 3.04. The van der Waals surface area contributed by atoms with E-state index in [2.05, 4.69) is 0 Å². The highest BCUT2D eigenvalue weighted by molar-refractivity contribution is 5.04. The maximum atomic E-state index is 6.24. The summed E-state index contributed by atoms with van der Waals surface area (Å²) in [5, 5.41) is 0. The van der Waals surface area contributed by atoms with E-state index >= 15 is 0 Å². The summed E-state index contributed by atoms with van der Waals surface area (Å²) in [7, 11) is 0. The van der Waals surface area contributed by atoms with Gasteiger partial charge < -0.3 is 5.73 Å². The second kappa shape index (κ2) is 4.33. The summed E-state index contributed by atoms with van der Waals surface area (Å²) in [6.45, 7) is 0.985. The summed E-state index contributed by atoms with van der Waals surface area (Å²) in [4.78, 5) is 0. The predicted molar refractivity (Wildman–Crippen MR) is 68.1 cm³/mol. The van der Waals surface area contributed by atoms with Gasteiger partial charge in [0.05, 0.1) is 0 Å². The van der Waals surface area contributed by atoms with Gasteiger partial charge in [0.2, 0.25) is 0 Å². The fraction of sp³-hybridized carbons (Fsp3) is 1.00. The van der Waals surface area contributed by atoms with Crippen LogP contribution in [-0.2, 0) is 0 Å². The van der Waals surface area contributed by atoms with E-state index in [1.54, 1.807) is 0 Å². The molecule has 3 rings (SSSR count). The lowest BCUT2D eigenvalue weighted by molar-refractivity contribution is 0.0723. The minimum atomic E-state index is 0.591. The van der Waals surface area contributed by atoms with E-state index in [4.69, 9.17) is 5.73 Å². The average molecular weight is 221 g/mol. The Morgan fingerprint density at radius 3 is 2.12 bits per heavy atom. The molecule has 1 heteroatoms. The zero-order valence-electron chi connectivity index (χ0n) is 10.6. The Hall–Kier alpha value is -0.0400.